The SMILES string of the molecule is Cc1ccc(CCC(=O)NCC(=O)N[C@H]2c3ccccc3CC[C@@H]2CO)cc1. The maximum atomic E-state index is 12.4. The molecule has 1 aliphatic rings. The van der Waals surface area contributed by atoms with E-state index < -0.39 is 0 Å². The number of amides is 2. The molecule has 5 nitrogen and oxygen atoms in total. The second-order valence-electron chi connectivity index (χ2n) is 7.49. The summed E-state index contributed by atoms with van der Waals surface area (Å²) < 4.78 is 0. The molecule has 2 amide bonds. The third kappa shape index (κ3) is 5.20. The highest BCUT2D eigenvalue weighted by atomic mass is 16.3. The number of aryl methyl sites for hydroxylation is 3. The summed E-state index contributed by atoms with van der Waals surface area (Å²) in [6, 6.07) is 15.9. The Kier molecular flexibility index (Phi) is 6.82. The van der Waals surface area contributed by atoms with Crippen LogP contribution in [-0.4, -0.2) is 30.1 Å². The number of hydrogen-bond donors (Lipinski definition) is 3. The van der Waals surface area contributed by atoms with E-state index in [9.17, 15) is 14.7 Å². The topological polar surface area (TPSA) is 78.4 Å². The van der Waals surface area contributed by atoms with Crippen LogP contribution in [0.3, 0.4) is 0 Å². The van der Waals surface area contributed by atoms with Gasteiger partial charge in [0.05, 0.1) is 12.6 Å². The molecule has 0 unspecified atom stereocenters. The highest BCUT2D eigenvalue weighted by Crippen LogP contribution is 2.34. The third-order valence-corrected chi connectivity index (χ3v) is 5.40. The molecular weight excluding hydrogens is 352 g/mol. The van der Waals surface area contributed by atoms with E-state index >= 15 is 0 Å². The Labute approximate surface area is 166 Å². The summed E-state index contributed by atoms with van der Waals surface area (Å²) in [6.07, 6.45) is 2.74. The van der Waals surface area contributed by atoms with Crippen molar-refractivity contribution in [1.82, 2.24) is 10.6 Å². The molecule has 0 aromatic heterocycles. The van der Waals surface area contributed by atoms with E-state index in [-0.39, 0.29) is 36.9 Å². The van der Waals surface area contributed by atoms with E-state index in [1.165, 1.54) is 11.1 Å². The minimum atomic E-state index is -0.233. The number of carbonyl (C=O) groups excluding carboxylic acids is 2. The second-order valence-corrected chi connectivity index (χ2v) is 7.49. The fourth-order valence-electron chi connectivity index (χ4n) is 3.72. The van der Waals surface area contributed by atoms with Crippen LogP contribution >= 0.6 is 0 Å². The summed E-state index contributed by atoms with van der Waals surface area (Å²) in [5, 5.41) is 15.4. The Balaban J connectivity index is 1.49. The zero-order valence-corrected chi connectivity index (χ0v) is 16.3. The average Bonchev–Trinajstić information content (AvgIpc) is 2.72. The minimum Gasteiger partial charge on any atom is -0.396 e. The summed E-state index contributed by atoms with van der Waals surface area (Å²) in [4.78, 5) is 24.5. The van der Waals surface area contributed by atoms with Crippen LogP contribution in [0.1, 0.15) is 41.1 Å². The monoisotopic (exact) mass is 380 g/mol. The fourth-order valence-corrected chi connectivity index (χ4v) is 3.72. The van der Waals surface area contributed by atoms with Gasteiger partial charge < -0.3 is 15.7 Å². The van der Waals surface area contributed by atoms with Gasteiger partial charge in [0.25, 0.3) is 0 Å². The first-order valence-electron chi connectivity index (χ1n) is 9.87. The number of carbonyl (C=O) groups is 2. The van der Waals surface area contributed by atoms with Gasteiger partial charge in [0.2, 0.25) is 11.8 Å². The van der Waals surface area contributed by atoms with Crippen LogP contribution < -0.4 is 10.6 Å². The largest absolute Gasteiger partial charge is 0.396 e. The van der Waals surface area contributed by atoms with Crippen LogP contribution in [0.15, 0.2) is 48.5 Å². The van der Waals surface area contributed by atoms with Gasteiger partial charge in [-0.15, -0.1) is 0 Å². The Bertz CT molecular complexity index is 817. The lowest BCUT2D eigenvalue weighted by Gasteiger charge is -2.33. The van der Waals surface area contributed by atoms with Crippen LogP contribution in [0.5, 0.6) is 0 Å². The van der Waals surface area contributed by atoms with E-state index in [1.54, 1.807) is 0 Å². The highest BCUT2D eigenvalue weighted by molar-refractivity contribution is 5.85. The van der Waals surface area contributed by atoms with Crippen molar-refractivity contribution >= 4 is 11.8 Å². The Morgan fingerprint density at radius 3 is 2.57 bits per heavy atom. The molecular formula is C23H28N2O3. The maximum Gasteiger partial charge on any atom is 0.239 e. The van der Waals surface area contributed by atoms with E-state index in [0.29, 0.717) is 12.8 Å². The molecule has 0 bridgehead atoms. The molecule has 3 rings (SSSR count). The van der Waals surface area contributed by atoms with Crippen molar-refractivity contribution in [1.29, 1.82) is 0 Å². The van der Waals surface area contributed by atoms with Gasteiger partial charge in [0.15, 0.2) is 0 Å². The molecule has 148 valence electrons. The average molecular weight is 380 g/mol. The van der Waals surface area contributed by atoms with Crippen LogP contribution in [0.2, 0.25) is 0 Å². The van der Waals surface area contributed by atoms with Crippen LogP contribution in [0, 0.1) is 12.8 Å². The standard InChI is InChI=1S/C23H28N2O3/c1-16-6-8-17(9-7-16)10-13-21(27)24-14-22(28)25-23-19(15-26)12-11-18-4-2-3-5-20(18)23/h2-9,19,23,26H,10-15H2,1H3,(H,24,27)(H,25,28)/t19-,23-/m1/s1. The minimum absolute atomic E-state index is 0.00362. The predicted molar refractivity (Wildman–Crippen MR) is 109 cm³/mol. The number of benzene rings is 2. The number of fused-ring (bicyclic) bond motifs is 1. The molecule has 2 aromatic carbocycles. The van der Waals surface area contributed by atoms with Gasteiger partial charge in [0.1, 0.15) is 0 Å². The normalized spacial score (nSPS) is 18.2. The van der Waals surface area contributed by atoms with Crippen LogP contribution in [-0.2, 0) is 22.4 Å². The first-order valence-corrected chi connectivity index (χ1v) is 9.87. The smallest absolute Gasteiger partial charge is 0.239 e. The number of hydrogen-bond acceptors (Lipinski definition) is 3. The van der Waals surface area contributed by atoms with Gasteiger partial charge in [0, 0.05) is 18.9 Å². The van der Waals surface area contributed by atoms with Crippen molar-refractivity contribution < 1.29 is 14.7 Å². The van der Waals surface area contributed by atoms with Gasteiger partial charge in [-0.3, -0.25) is 9.59 Å². The summed E-state index contributed by atoms with van der Waals surface area (Å²) in [6.45, 7) is 2.01. The lowest BCUT2D eigenvalue weighted by Crippen LogP contribution is -2.43. The number of aliphatic hydroxyl groups excluding tert-OH is 1. The molecule has 0 spiro atoms. The Morgan fingerprint density at radius 2 is 1.82 bits per heavy atom. The Morgan fingerprint density at radius 1 is 1.07 bits per heavy atom. The zero-order chi connectivity index (χ0) is 19.9. The summed E-state index contributed by atoms with van der Waals surface area (Å²) in [5.74, 6) is -0.376. The van der Waals surface area contributed by atoms with Gasteiger partial charge in [-0.1, -0.05) is 54.1 Å². The lowest BCUT2D eigenvalue weighted by molar-refractivity contribution is -0.126. The molecule has 0 fully saturated rings. The molecule has 0 aliphatic heterocycles. The fraction of sp³-hybridized carbons (Fsp3) is 0.391. The zero-order valence-electron chi connectivity index (χ0n) is 16.3. The molecule has 0 saturated heterocycles. The molecule has 2 atom stereocenters. The molecule has 5 heteroatoms. The van der Waals surface area contributed by atoms with E-state index in [0.717, 1.165) is 24.0 Å². The van der Waals surface area contributed by atoms with Crippen molar-refractivity contribution in [3.8, 4) is 0 Å². The molecule has 0 radical (unpaired) electrons. The van der Waals surface area contributed by atoms with Gasteiger partial charge in [-0.2, -0.15) is 0 Å². The summed E-state index contributed by atoms with van der Waals surface area (Å²) in [7, 11) is 0. The van der Waals surface area contributed by atoms with Crippen molar-refractivity contribution in [2.45, 2.75) is 38.6 Å². The van der Waals surface area contributed by atoms with Crippen molar-refractivity contribution in [2.75, 3.05) is 13.2 Å². The van der Waals surface area contributed by atoms with Gasteiger partial charge in [-0.25, -0.2) is 0 Å². The molecule has 28 heavy (non-hydrogen) atoms. The number of rotatable bonds is 7. The summed E-state index contributed by atoms with van der Waals surface area (Å²) in [5.41, 5.74) is 4.57. The molecule has 1 aliphatic carbocycles. The second kappa shape index (κ2) is 9.51. The van der Waals surface area contributed by atoms with Gasteiger partial charge in [-0.05, 0) is 42.9 Å². The first-order chi connectivity index (χ1) is 13.6. The van der Waals surface area contributed by atoms with E-state index in [2.05, 4.69) is 16.7 Å². The van der Waals surface area contributed by atoms with E-state index in [1.807, 2.05) is 49.4 Å². The van der Waals surface area contributed by atoms with Crippen molar-refractivity contribution in [2.24, 2.45) is 5.92 Å². The number of nitrogens with one attached hydrogen (secondary N) is 2. The quantitative estimate of drug-likeness (QED) is 0.690. The molecule has 3 N–H and O–H groups in total. The van der Waals surface area contributed by atoms with Crippen molar-refractivity contribution in [3.05, 3.63) is 70.8 Å². The molecule has 0 heterocycles. The molecule has 0 saturated carbocycles. The van der Waals surface area contributed by atoms with E-state index in [4.69, 9.17) is 0 Å². The highest BCUT2D eigenvalue weighted by Gasteiger charge is 2.30. The van der Waals surface area contributed by atoms with Gasteiger partial charge >= 0.3 is 0 Å². The summed E-state index contributed by atoms with van der Waals surface area (Å²) >= 11 is 0. The first kappa shape index (κ1) is 20.1. The lowest BCUT2D eigenvalue weighted by atomic mass is 9.80. The third-order valence-electron chi connectivity index (χ3n) is 5.40. The van der Waals surface area contributed by atoms with Crippen molar-refractivity contribution in [3.63, 3.8) is 0 Å². The predicted octanol–water partition coefficient (Wildman–Crippen LogP) is 2.46. The molecule has 2 aromatic rings. The Hall–Kier alpha value is -2.66. The number of aliphatic hydroxyl groups is 1. The van der Waals surface area contributed by atoms with Crippen LogP contribution in [0.25, 0.3) is 0 Å². The van der Waals surface area contributed by atoms with Crippen LogP contribution in [0.4, 0.5) is 0 Å². The maximum absolute atomic E-state index is 12.4.